The summed E-state index contributed by atoms with van der Waals surface area (Å²) in [5.74, 6) is -0.00336. The van der Waals surface area contributed by atoms with Crippen LogP contribution in [0, 0.1) is 5.92 Å². The van der Waals surface area contributed by atoms with Gasteiger partial charge in [0.2, 0.25) is 5.91 Å². The summed E-state index contributed by atoms with van der Waals surface area (Å²) in [6.45, 7) is 0.137. The first kappa shape index (κ1) is 17.1. The number of amides is 1. The lowest BCUT2D eigenvalue weighted by atomic mass is 9.92. The number of piperidine rings is 1. The Kier molecular flexibility index (Phi) is 6.14. The summed E-state index contributed by atoms with van der Waals surface area (Å²) in [4.78, 5) is 12.2. The lowest BCUT2D eigenvalue weighted by Gasteiger charge is -2.27. The van der Waals surface area contributed by atoms with E-state index in [0.29, 0.717) is 11.6 Å². The Morgan fingerprint density at radius 3 is 3.00 bits per heavy atom. The van der Waals surface area contributed by atoms with Gasteiger partial charge >= 0.3 is 6.61 Å². The van der Waals surface area contributed by atoms with Gasteiger partial charge in [-0.1, -0.05) is 15.9 Å². The maximum atomic E-state index is 12.4. The smallest absolute Gasteiger partial charge is 0.387 e. The highest BCUT2D eigenvalue weighted by atomic mass is 79.9. The maximum Gasteiger partial charge on any atom is 0.387 e. The molecule has 0 saturated carbocycles. The monoisotopic (exact) mass is 376 g/mol. The molecule has 1 aromatic rings. The number of hydrogen-bond acceptors (Lipinski definition) is 3. The quantitative estimate of drug-likeness (QED) is 0.830. The topological polar surface area (TPSA) is 50.4 Å². The summed E-state index contributed by atoms with van der Waals surface area (Å²) in [6.07, 6.45) is 1.57. The fraction of sp³-hybridized carbons (Fsp3) is 0.533. The van der Waals surface area contributed by atoms with Crippen molar-refractivity contribution in [2.24, 2.45) is 5.92 Å². The Labute approximate surface area is 136 Å². The molecule has 2 rings (SSSR count). The molecule has 2 N–H and O–H groups in total. The molecule has 0 spiro atoms. The molecule has 1 aliphatic heterocycles. The van der Waals surface area contributed by atoms with Gasteiger partial charge in [0, 0.05) is 28.5 Å². The first-order chi connectivity index (χ1) is 10.5. The molecule has 7 heteroatoms. The fourth-order valence-corrected chi connectivity index (χ4v) is 3.00. The second kappa shape index (κ2) is 7.87. The number of benzene rings is 1. The first-order valence-electron chi connectivity index (χ1n) is 7.20. The summed E-state index contributed by atoms with van der Waals surface area (Å²) in [5, 5.41) is 6.11. The standard InChI is InChI=1S/C15H19BrF2N2O2/c1-9-6-10(4-5-19-9)14(21)20-8-11-7-12(16)2-3-13(11)22-15(17)18/h2-3,7,9-10,15,19H,4-6,8H2,1H3,(H,20,21)/t9-,10-/m0/s1. The third-order valence-corrected chi connectivity index (χ3v) is 4.18. The molecule has 1 saturated heterocycles. The summed E-state index contributed by atoms with van der Waals surface area (Å²) >= 11 is 3.29. The number of rotatable bonds is 5. The molecule has 22 heavy (non-hydrogen) atoms. The summed E-state index contributed by atoms with van der Waals surface area (Å²) in [6, 6.07) is 5.07. The van der Waals surface area contributed by atoms with Gasteiger partial charge in [0.15, 0.2) is 0 Å². The minimum absolute atomic E-state index is 0.0390. The minimum Gasteiger partial charge on any atom is -0.434 e. The Balaban J connectivity index is 1.98. The minimum atomic E-state index is -2.89. The summed E-state index contributed by atoms with van der Waals surface area (Å²) in [7, 11) is 0. The fourth-order valence-electron chi connectivity index (χ4n) is 2.59. The number of alkyl halides is 2. The van der Waals surface area contributed by atoms with Crippen LogP contribution < -0.4 is 15.4 Å². The van der Waals surface area contributed by atoms with Crippen molar-refractivity contribution in [1.82, 2.24) is 10.6 Å². The molecule has 0 bridgehead atoms. The van der Waals surface area contributed by atoms with E-state index in [1.165, 1.54) is 6.07 Å². The van der Waals surface area contributed by atoms with Crippen molar-refractivity contribution in [2.45, 2.75) is 39.0 Å². The lowest BCUT2D eigenvalue weighted by Crippen LogP contribution is -2.42. The number of hydrogen-bond donors (Lipinski definition) is 2. The average Bonchev–Trinajstić information content (AvgIpc) is 2.46. The van der Waals surface area contributed by atoms with Gasteiger partial charge in [0.25, 0.3) is 0 Å². The van der Waals surface area contributed by atoms with Crippen LogP contribution in [0.3, 0.4) is 0 Å². The van der Waals surface area contributed by atoms with Gasteiger partial charge in [0.05, 0.1) is 0 Å². The molecule has 0 aromatic heterocycles. The third-order valence-electron chi connectivity index (χ3n) is 3.69. The maximum absolute atomic E-state index is 12.4. The first-order valence-corrected chi connectivity index (χ1v) is 7.99. The van der Waals surface area contributed by atoms with Crippen LogP contribution in [0.4, 0.5) is 8.78 Å². The molecule has 0 unspecified atom stereocenters. The number of halogens is 3. The van der Waals surface area contributed by atoms with Crippen molar-refractivity contribution < 1.29 is 18.3 Å². The normalized spacial score (nSPS) is 21.7. The van der Waals surface area contributed by atoms with E-state index < -0.39 is 6.61 Å². The molecular formula is C15H19BrF2N2O2. The number of carbonyl (C=O) groups excluding carboxylic acids is 1. The zero-order chi connectivity index (χ0) is 16.1. The van der Waals surface area contributed by atoms with E-state index in [-0.39, 0.29) is 24.1 Å². The van der Waals surface area contributed by atoms with Crippen molar-refractivity contribution in [3.05, 3.63) is 28.2 Å². The van der Waals surface area contributed by atoms with Crippen LogP contribution >= 0.6 is 15.9 Å². The molecule has 1 aromatic carbocycles. The van der Waals surface area contributed by atoms with Crippen molar-refractivity contribution in [1.29, 1.82) is 0 Å². The summed E-state index contributed by atoms with van der Waals surface area (Å²) in [5.41, 5.74) is 0.519. The van der Waals surface area contributed by atoms with Crippen molar-refractivity contribution in [3.8, 4) is 5.75 Å². The third kappa shape index (κ3) is 4.91. The van der Waals surface area contributed by atoms with Gasteiger partial charge in [-0.2, -0.15) is 8.78 Å². The molecule has 0 radical (unpaired) electrons. The van der Waals surface area contributed by atoms with E-state index in [1.54, 1.807) is 12.1 Å². The summed E-state index contributed by atoms with van der Waals surface area (Å²) < 4.78 is 30.0. The van der Waals surface area contributed by atoms with Crippen molar-refractivity contribution in [3.63, 3.8) is 0 Å². The predicted molar refractivity (Wildman–Crippen MR) is 82.8 cm³/mol. The Bertz CT molecular complexity index is 528. The molecule has 1 fully saturated rings. The van der Waals surface area contributed by atoms with Crippen LogP contribution in [0.5, 0.6) is 5.75 Å². The van der Waals surface area contributed by atoms with E-state index in [0.717, 1.165) is 23.9 Å². The number of carbonyl (C=O) groups is 1. The van der Waals surface area contributed by atoms with Crippen LogP contribution in [0.1, 0.15) is 25.3 Å². The molecule has 4 nitrogen and oxygen atoms in total. The van der Waals surface area contributed by atoms with Gasteiger partial charge in [-0.15, -0.1) is 0 Å². The zero-order valence-corrected chi connectivity index (χ0v) is 13.8. The zero-order valence-electron chi connectivity index (χ0n) is 12.2. The Hall–Kier alpha value is -1.21. The van der Waals surface area contributed by atoms with Crippen LogP contribution in [-0.2, 0) is 11.3 Å². The number of nitrogens with one attached hydrogen (secondary N) is 2. The van der Waals surface area contributed by atoms with E-state index in [1.807, 2.05) is 6.92 Å². The largest absolute Gasteiger partial charge is 0.434 e. The molecule has 122 valence electrons. The van der Waals surface area contributed by atoms with Gasteiger partial charge in [0.1, 0.15) is 5.75 Å². The van der Waals surface area contributed by atoms with Crippen LogP contribution in [0.2, 0.25) is 0 Å². The van der Waals surface area contributed by atoms with Crippen molar-refractivity contribution >= 4 is 21.8 Å². The SMILES string of the molecule is C[C@H]1C[C@@H](C(=O)NCc2cc(Br)ccc2OC(F)F)CCN1. The van der Waals surface area contributed by atoms with Gasteiger partial charge in [-0.05, 0) is 44.5 Å². The van der Waals surface area contributed by atoms with Gasteiger partial charge < -0.3 is 15.4 Å². The molecule has 0 aliphatic carbocycles. The highest BCUT2D eigenvalue weighted by Gasteiger charge is 2.24. The van der Waals surface area contributed by atoms with Gasteiger partial charge in [-0.3, -0.25) is 4.79 Å². The lowest BCUT2D eigenvalue weighted by molar-refractivity contribution is -0.126. The molecule has 1 amide bonds. The predicted octanol–water partition coefficient (Wildman–Crippen LogP) is 3.05. The van der Waals surface area contributed by atoms with Crippen LogP contribution in [-0.4, -0.2) is 25.1 Å². The number of ether oxygens (including phenoxy) is 1. The van der Waals surface area contributed by atoms with Crippen LogP contribution in [0.15, 0.2) is 22.7 Å². The molecule has 1 heterocycles. The highest BCUT2D eigenvalue weighted by molar-refractivity contribution is 9.10. The molecule has 1 aliphatic rings. The van der Waals surface area contributed by atoms with Crippen molar-refractivity contribution in [2.75, 3.05) is 6.54 Å². The highest BCUT2D eigenvalue weighted by Crippen LogP contribution is 2.25. The molecule has 2 atom stereocenters. The second-order valence-corrected chi connectivity index (χ2v) is 6.34. The van der Waals surface area contributed by atoms with E-state index in [2.05, 4.69) is 31.3 Å². The molecular weight excluding hydrogens is 358 g/mol. The van der Waals surface area contributed by atoms with Crippen LogP contribution in [0.25, 0.3) is 0 Å². The van der Waals surface area contributed by atoms with E-state index in [4.69, 9.17) is 0 Å². The second-order valence-electron chi connectivity index (χ2n) is 5.42. The Morgan fingerprint density at radius 2 is 2.32 bits per heavy atom. The average molecular weight is 377 g/mol. The van der Waals surface area contributed by atoms with Gasteiger partial charge in [-0.25, -0.2) is 0 Å². The van der Waals surface area contributed by atoms with E-state index >= 15 is 0 Å². The Morgan fingerprint density at radius 1 is 1.55 bits per heavy atom. The van der Waals surface area contributed by atoms with E-state index in [9.17, 15) is 13.6 Å².